The molecule has 0 radical (unpaired) electrons. The number of ketones is 1. The van der Waals surface area contributed by atoms with Crippen molar-refractivity contribution >= 4 is 56.4 Å². The summed E-state index contributed by atoms with van der Waals surface area (Å²) in [6, 6.07) is 10.9. The van der Waals surface area contributed by atoms with Gasteiger partial charge in [0.15, 0.2) is 12.4 Å². The first kappa shape index (κ1) is 20.5. The Bertz CT molecular complexity index is 1260. The molecule has 30 heavy (non-hydrogen) atoms. The number of benzene rings is 1. The van der Waals surface area contributed by atoms with E-state index < -0.39 is 5.97 Å². The van der Waals surface area contributed by atoms with E-state index in [4.69, 9.17) is 4.74 Å². The van der Waals surface area contributed by atoms with E-state index in [0.29, 0.717) is 15.8 Å². The smallest absolute Gasteiger partial charge is 0.326 e. The molecule has 0 N–H and O–H groups in total. The molecular formula is C21H16N2O4S3. The third-order valence-corrected chi connectivity index (χ3v) is 6.96. The number of nitrogens with zero attached hydrogens (tertiary/aromatic N) is 2. The molecule has 0 saturated heterocycles. The van der Waals surface area contributed by atoms with Crippen molar-refractivity contribution in [3.8, 4) is 10.4 Å². The quantitative estimate of drug-likeness (QED) is 0.234. The topological polar surface area (TPSA) is 78.3 Å². The van der Waals surface area contributed by atoms with E-state index in [0.717, 1.165) is 15.3 Å². The summed E-state index contributed by atoms with van der Waals surface area (Å²) in [5, 5.41) is 4.33. The fourth-order valence-corrected chi connectivity index (χ4v) is 5.01. The van der Waals surface area contributed by atoms with Gasteiger partial charge in [-0.2, -0.15) is 0 Å². The van der Waals surface area contributed by atoms with E-state index in [1.54, 1.807) is 23.9 Å². The molecule has 0 aliphatic heterocycles. The van der Waals surface area contributed by atoms with Crippen LogP contribution in [0.15, 0.2) is 63.2 Å². The molecule has 0 aliphatic rings. The van der Waals surface area contributed by atoms with Crippen molar-refractivity contribution < 1.29 is 14.3 Å². The number of Topliss-reactive ketones (excluding diaryl/α,β-unsaturated/α-hetero) is 1. The maximum absolute atomic E-state index is 12.9. The summed E-state index contributed by atoms with van der Waals surface area (Å²) in [6.45, 7) is -0.680. The minimum absolute atomic E-state index is 0.297. The van der Waals surface area contributed by atoms with Gasteiger partial charge in [0.25, 0.3) is 5.56 Å². The SMILES string of the molecule is CSc1ccc(C(=O)COC(=O)Cn2cnc3scc(-c4cccs4)c3c2=O)cc1. The number of aromatic nitrogens is 2. The van der Waals surface area contributed by atoms with Crippen LogP contribution >= 0.6 is 34.4 Å². The average molecular weight is 457 g/mol. The molecule has 0 atom stereocenters. The van der Waals surface area contributed by atoms with E-state index in [1.165, 1.54) is 33.6 Å². The lowest BCUT2D eigenvalue weighted by Crippen LogP contribution is -2.26. The third-order valence-electron chi connectivity index (χ3n) is 4.42. The van der Waals surface area contributed by atoms with Gasteiger partial charge in [0.2, 0.25) is 0 Å². The van der Waals surface area contributed by atoms with E-state index >= 15 is 0 Å². The lowest BCUT2D eigenvalue weighted by atomic mass is 10.1. The number of carbonyl (C=O) groups is 2. The molecule has 152 valence electrons. The van der Waals surface area contributed by atoms with Gasteiger partial charge in [0.1, 0.15) is 11.4 Å². The van der Waals surface area contributed by atoms with Crippen molar-refractivity contribution in [2.75, 3.05) is 12.9 Å². The van der Waals surface area contributed by atoms with Crippen molar-refractivity contribution in [3.63, 3.8) is 0 Å². The first-order chi connectivity index (χ1) is 14.6. The van der Waals surface area contributed by atoms with Crippen LogP contribution in [-0.2, 0) is 16.1 Å². The van der Waals surface area contributed by atoms with Gasteiger partial charge in [-0.15, -0.1) is 34.4 Å². The fourth-order valence-electron chi connectivity index (χ4n) is 2.88. The summed E-state index contributed by atoms with van der Waals surface area (Å²) in [6.07, 6.45) is 3.29. The number of esters is 1. The first-order valence-corrected chi connectivity index (χ1v) is 11.9. The Morgan fingerprint density at radius 1 is 1.17 bits per heavy atom. The van der Waals surface area contributed by atoms with Gasteiger partial charge in [-0.3, -0.25) is 19.0 Å². The Kier molecular flexibility index (Phi) is 6.12. The van der Waals surface area contributed by atoms with Crippen LogP contribution in [0.25, 0.3) is 20.7 Å². The molecular weight excluding hydrogens is 440 g/mol. The Morgan fingerprint density at radius 2 is 1.97 bits per heavy atom. The Balaban J connectivity index is 1.46. The van der Waals surface area contributed by atoms with Crippen LogP contribution in [0.2, 0.25) is 0 Å². The maximum Gasteiger partial charge on any atom is 0.326 e. The molecule has 4 aromatic rings. The molecule has 9 heteroatoms. The van der Waals surface area contributed by atoms with E-state index in [-0.39, 0.29) is 24.5 Å². The van der Waals surface area contributed by atoms with Gasteiger partial charge in [-0.05, 0) is 29.8 Å². The highest BCUT2D eigenvalue weighted by Crippen LogP contribution is 2.33. The van der Waals surface area contributed by atoms with Gasteiger partial charge in [-0.1, -0.05) is 18.2 Å². The molecule has 0 amide bonds. The van der Waals surface area contributed by atoms with Gasteiger partial charge in [0, 0.05) is 26.3 Å². The van der Waals surface area contributed by atoms with Gasteiger partial charge >= 0.3 is 5.97 Å². The molecule has 0 saturated carbocycles. The van der Waals surface area contributed by atoms with Gasteiger partial charge in [-0.25, -0.2) is 4.98 Å². The lowest BCUT2D eigenvalue weighted by molar-refractivity contribution is -0.143. The molecule has 1 aromatic carbocycles. The predicted octanol–water partition coefficient (Wildman–Crippen LogP) is 4.33. The monoisotopic (exact) mass is 456 g/mol. The Labute approximate surface area is 184 Å². The highest BCUT2D eigenvalue weighted by Gasteiger charge is 2.16. The highest BCUT2D eigenvalue weighted by atomic mass is 32.2. The predicted molar refractivity (Wildman–Crippen MR) is 121 cm³/mol. The number of hydrogen-bond donors (Lipinski definition) is 0. The van der Waals surface area contributed by atoms with Crippen LogP contribution in [-0.4, -0.2) is 34.2 Å². The van der Waals surface area contributed by atoms with Crippen molar-refractivity contribution in [2.24, 2.45) is 0 Å². The third kappa shape index (κ3) is 4.23. The summed E-state index contributed by atoms with van der Waals surface area (Å²) in [5.74, 6) is -0.963. The second kappa shape index (κ2) is 8.95. The minimum atomic E-state index is -0.666. The lowest BCUT2D eigenvalue weighted by Gasteiger charge is -2.07. The summed E-state index contributed by atoms with van der Waals surface area (Å²) < 4.78 is 6.31. The molecule has 0 aliphatic carbocycles. The van der Waals surface area contributed by atoms with Gasteiger partial charge < -0.3 is 4.74 Å². The van der Waals surface area contributed by atoms with Crippen LogP contribution in [0, 0.1) is 0 Å². The normalized spacial score (nSPS) is 11.0. The largest absolute Gasteiger partial charge is 0.456 e. The van der Waals surface area contributed by atoms with Crippen LogP contribution in [0.1, 0.15) is 10.4 Å². The second-order valence-corrected chi connectivity index (χ2v) is 8.98. The zero-order chi connectivity index (χ0) is 21.1. The number of thioether (sulfide) groups is 1. The molecule has 4 rings (SSSR count). The molecule has 3 heterocycles. The summed E-state index contributed by atoms with van der Waals surface area (Å²) in [5.41, 5.74) is 0.981. The van der Waals surface area contributed by atoms with Crippen molar-refractivity contribution in [2.45, 2.75) is 11.4 Å². The first-order valence-electron chi connectivity index (χ1n) is 8.90. The van der Waals surface area contributed by atoms with Crippen molar-refractivity contribution in [1.29, 1.82) is 0 Å². The van der Waals surface area contributed by atoms with Crippen LogP contribution in [0.3, 0.4) is 0 Å². The number of rotatable bonds is 7. The van der Waals surface area contributed by atoms with Crippen molar-refractivity contribution in [3.05, 3.63) is 69.4 Å². The number of thiophene rings is 2. The highest BCUT2D eigenvalue weighted by molar-refractivity contribution is 7.98. The number of carbonyl (C=O) groups excluding carboxylic acids is 2. The summed E-state index contributed by atoms with van der Waals surface area (Å²) in [4.78, 5) is 44.3. The second-order valence-electron chi connectivity index (χ2n) is 6.30. The van der Waals surface area contributed by atoms with Crippen molar-refractivity contribution in [1.82, 2.24) is 9.55 Å². The van der Waals surface area contributed by atoms with Gasteiger partial charge in [0.05, 0.1) is 11.7 Å². The number of fused-ring (bicyclic) bond motifs is 1. The molecule has 3 aromatic heterocycles. The maximum atomic E-state index is 12.9. The van der Waals surface area contributed by atoms with E-state index in [1.807, 2.05) is 41.3 Å². The molecule has 6 nitrogen and oxygen atoms in total. The number of ether oxygens (including phenoxy) is 1. The minimum Gasteiger partial charge on any atom is -0.456 e. The molecule has 0 spiro atoms. The molecule has 0 unspecified atom stereocenters. The number of hydrogen-bond acceptors (Lipinski definition) is 8. The summed E-state index contributed by atoms with van der Waals surface area (Å²) in [7, 11) is 0. The molecule has 0 fully saturated rings. The average Bonchev–Trinajstić information content (AvgIpc) is 3.44. The standard InChI is InChI=1S/C21H16N2O4S3/c1-28-14-6-4-13(5-7-14)16(24)10-27-18(25)9-23-12-22-20-19(21(23)26)15(11-30-20)17-3-2-8-29-17/h2-8,11-12H,9-10H2,1H3. The summed E-state index contributed by atoms with van der Waals surface area (Å²) >= 11 is 4.50. The zero-order valence-corrected chi connectivity index (χ0v) is 18.3. The fraction of sp³-hybridized carbons (Fsp3) is 0.143. The Morgan fingerprint density at radius 3 is 2.67 bits per heavy atom. The van der Waals surface area contributed by atoms with E-state index in [2.05, 4.69) is 4.98 Å². The Hall–Kier alpha value is -2.75. The molecule has 0 bridgehead atoms. The van der Waals surface area contributed by atoms with Crippen LogP contribution < -0.4 is 5.56 Å². The van der Waals surface area contributed by atoms with E-state index in [9.17, 15) is 14.4 Å². The van der Waals surface area contributed by atoms with Crippen LogP contribution in [0.4, 0.5) is 0 Å². The zero-order valence-electron chi connectivity index (χ0n) is 15.9. The van der Waals surface area contributed by atoms with Crippen LogP contribution in [0.5, 0.6) is 0 Å².